The molecule has 1 aromatic carbocycles. The third-order valence-corrected chi connectivity index (χ3v) is 4.07. The number of hydrogen-bond acceptors (Lipinski definition) is 5. The largest absolute Gasteiger partial charge is 0.416 e. The standard InChI is InChI=1S/C19H15F3N6O/c1-11-5-14(7-15(6-11)19(20,21)22)18(29)27-12(2)17-25-10-26-28(17)16-4-3-13(8-23)9-24-16/h3-7,9-10,12H,1-2H3,(H,27,29). The molecule has 0 spiro atoms. The van der Waals surface area contributed by atoms with Crippen LogP contribution in [0.1, 0.15) is 45.8 Å². The number of aromatic nitrogens is 4. The van der Waals surface area contributed by atoms with Crippen LogP contribution < -0.4 is 5.32 Å². The summed E-state index contributed by atoms with van der Waals surface area (Å²) in [6.45, 7) is 3.12. The van der Waals surface area contributed by atoms with E-state index in [1.807, 2.05) is 6.07 Å². The number of rotatable bonds is 4. The maximum atomic E-state index is 13.0. The van der Waals surface area contributed by atoms with Gasteiger partial charge in [0.1, 0.15) is 12.4 Å². The SMILES string of the molecule is Cc1cc(C(=O)NC(C)c2ncnn2-c2ccc(C#N)cn2)cc(C(F)(F)F)c1. The Morgan fingerprint density at radius 1 is 1.24 bits per heavy atom. The van der Waals surface area contributed by atoms with Crippen LogP contribution in [-0.2, 0) is 6.18 Å². The summed E-state index contributed by atoms with van der Waals surface area (Å²) in [5.74, 6) is 0.0424. The fourth-order valence-corrected chi connectivity index (χ4v) is 2.72. The molecule has 1 N–H and O–H groups in total. The van der Waals surface area contributed by atoms with Gasteiger partial charge in [0.25, 0.3) is 5.91 Å². The highest BCUT2D eigenvalue weighted by Gasteiger charge is 2.31. The molecule has 1 unspecified atom stereocenters. The van der Waals surface area contributed by atoms with Gasteiger partial charge in [0.15, 0.2) is 11.6 Å². The number of nitrogens with one attached hydrogen (secondary N) is 1. The summed E-state index contributed by atoms with van der Waals surface area (Å²) in [7, 11) is 0. The van der Waals surface area contributed by atoms with E-state index in [-0.39, 0.29) is 5.56 Å². The van der Waals surface area contributed by atoms with E-state index in [2.05, 4.69) is 20.4 Å². The lowest BCUT2D eigenvalue weighted by Crippen LogP contribution is -2.29. The molecule has 148 valence electrons. The number of amides is 1. The first-order chi connectivity index (χ1) is 13.7. The van der Waals surface area contributed by atoms with Crippen LogP contribution in [0.25, 0.3) is 5.82 Å². The molecule has 10 heteroatoms. The van der Waals surface area contributed by atoms with E-state index in [1.165, 1.54) is 30.2 Å². The Balaban J connectivity index is 1.84. The molecule has 0 saturated carbocycles. The summed E-state index contributed by atoms with van der Waals surface area (Å²) >= 11 is 0. The number of hydrogen-bond donors (Lipinski definition) is 1. The van der Waals surface area contributed by atoms with Gasteiger partial charge in [-0.1, -0.05) is 0 Å². The van der Waals surface area contributed by atoms with Crippen LogP contribution in [0, 0.1) is 18.3 Å². The zero-order valence-electron chi connectivity index (χ0n) is 15.4. The fourth-order valence-electron chi connectivity index (χ4n) is 2.72. The van der Waals surface area contributed by atoms with Gasteiger partial charge in [-0.15, -0.1) is 0 Å². The highest BCUT2D eigenvalue weighted by molar-refractivity contribution is 5.94. The van der Waals surface area contributed by atoms with Crippen molar-refractivity contribution >= 4 is 5.91 Å². The van der Waals surface area contributed by atoms with E-state index in [4.69, 9.17) is 5.26 Å². The molecule has 0 radical (unpaired) electrons. The van der Waals surface area contributed by atoms with Crippen LogP contribution in [0.3, 0.4) is 0 Å². The number of benzene rings is 1. The molecular formula is C19H15F3N6O. The number of aryl methyl sites for hydroxylation is 1. The first-order valence-corrected chi connectivity index (χ1v) is 8.45. The Morgan fingerprint density at radius 3 is 2.62 bits per heavy atom. The molecule has 3 aromatic rings. The molecule has 29 heavy (non-hydrogen) atoms. The Kier molecular flexibility index (Phi) is 5.32. The van der Waals surface area contributed by atoms with Gasteiger partial charge in [-0.2, -0.15) is 28.2 Å². The number of halogens is 3. The van der Waals surface area contributed by atoms with Gasteiger partial charge in [0.2, 0.25) is 0 Å². The van der Waals surface area contributed by atoms with Crippen molar-refractivity contribution in [2.45, 2.75) is 26.1 Å². The lowest BCUT2D eigenvalue weighted by molar-refractivity contribution is -0.137. The third kappa shape index (κ3) is 4.40. The van der Waals surface area contributed by atoms with Crippen molar-refractivity contribution in [3.8, 4) is 11.9 Å². The smallest absolute Gasteiger partial charge is 0.342 e. The number of carbonyl (C=O) groups is 1. The minimum absolute atomic E-state index is 0.105. The average Bonchev–Trinajstić information content (AvgIpc) is 3.17. The molecule has 3 rings (SSSR count). The highest BCUT2D eigenvalue weighted by atomic mass is 19.4. The van der Waals surface area contributed by atoms with E-state index < -0.39 is 23.7 Å². The summed E-state index contributed by atoms with van der Waals surface area (Å²) in [6, 6.07) is 7.58. The highest BCUT2D eigenvalue weighted by Crippen LogP contribution is 2.30. The minimum Gasteiger partial charge on any atom is -0.342 e. The van der Waals surface area contributed by atoms with Gasteiger partial charge >= 0.3 is 6.18 Å². The van der Waals surface area contributed by atoms with Crippen LogP contribution in [0.5, 0.6) is 0 Å². The second-order valence-electron chi connectivity index (χ2n) is 6.33. The quantitative estimate of drug-likeness (QED) is 0.725. The fraction of sp³-hybridized carbons (Fsp3) is 0.211. The molecule has 0 aliphatic carbocycles. The van der Waals surface area contributed by atoms with Gasteiger partial charge in [0.05, 0.1) is 17.2 Å². The monoisotopic (exact) mass is 400 g/mol. The van der Waals surface area contributed by atoms with E-state index in [0.29, 0.717) is 22.8 Å². The average molecular weight is 400 g/mol. The van der Waals surface area contributed by atoms with Gasteiger partial charge in [0, 0.05) is 11.8 Å². The van der Waals surface area contributed by atoms with E-state index in [0.717, 1.165) is 12.1 Å². The van der Waals surface area contributed by atoms with Crippen molar-refractivity contribution in [2.24, 2.45) is 0 Å². The molecule has 0 saturated heterocycles. The number of carbonyl (C=O) groups excluding carboxylic acids is 1. The molecule has 0 fully saturated rings. The lowest BCUT2D eigenvalue weighted by Gasteiger charge is -2.15. The van der Waals surface area contributed by atoms with E-state index >= 15 is 0 Å². The Morgan fingerprint density at radius 2 is 2.00 bits per heavy atom. The Bertz CT molecular complexity index is 1080. The van der Waals surface area contributed by atoms with Gasteiger partial charge in [-0.25, -0.2) is 9.97 Å². The molecule has 2 heterocycles. The third-order valence-electron chi connectivity index (χ3n) is 4.07. The second-order valence-corrected chi connectivity index (χ2v) is 6.33. The van der Waals surface area contributed by atoms with Gasteiger partial charge in [-0.05, 0) is 49.7 Å². The summed E-state index contributed by atoms with van der Waals surface area (Å²) < 4.78 is 40.4. The molecule has 1 atom stereocenters. The minimum atomic E-state index is -4.55. The van der Waals surface area contributed by atoms with Crippen molar-refractivity contribution in [1.82, 2.24) is 25.1 Å². The first-order valence-electron chi connectivity index (χ1n) is 8.45. The van der Waals surface area contributed by atoms with Crippen molar-refractivity contribution < 1.29 is 18.0 Å². The number of alkyl halides is 3. The molecule has 0 aliphatic rings. The molecule has 7 nitrogen and oxygen atoms in total. The van der Waals surface area contributed by atoms with E-state index in [1.54, 1.807) is 19.1 Å². The normalized spacial score (nSPS) is 12.3. The van der Waals surface area contributed by atoms with Crippen LogP contribution >= 0.6 is 0 Å². The topological polar surface area (TPSA) is 96.5 Å². The van der Waals surface area contributed by atoms with Gasteiger partial charge < -0.3 is 5.32 Å². The van der Waals surface area contributed by atoms with Crippen LogP contribution in [0.15, 0.2) is 42.9 Å². The lowest BCUT2D eigenvalue weighted by atomic mass is 10.1. The number of nitrogens with zero attached hydrogens (tertiary/aromatic N) is 5. The zero-order chi connectivity index (χ0) is 21.2. The molecule has 0 aliphatic heterocycles. The molecule has 2 aromatic heterocycles. The van der Waals surface area contributed by atoms with Crippen molar-refractivity contribution in [3.63, 3.8) is 0 Å². The van der Waals surface area contributed by atoms with Crippen molar-refractivity contribution in [3.05, 3.63) is 70.9 Å². The van der Waals surface area contributed by atoms with E-state index in [9.17, 15) is 18.0 Å². The molecule has 0 bridgehead atoms. The maximum Gasteiger partial charge on any atom is 0.416 e. The van der Waals surface area contributed by atoms with Crippen LogP contribution in [0.2, 0.25) is 0 Å². The second kappa shape index (κ2) is 7.71. The first kappa shape index (κ1) is 20.0. The van der Waals surface area contributed by atoms with Crippen molar-refractivity contribution in [2.75, 3.05) is 0 Å². The predicted octanol–water partition coefficient (Wildman–Crippen LogP) is 3.35. The summed E-state index contributed by atoms with van der Waals surface area (Å²) in [6.07, 6.45) is -1.91. The zero-order valence-corrected chi connectivity index (χ0v) is 15.4. The number of nitriles is 1. The molecule has 1 amide bonds. The summed E-state index contributed by atoms with van der Waals surface area (Å²) in [5, 5.41) is 15.5. The summed E-state index contributed by atoms with van der Waals surface area (Å²) in [5.41, 5.74) is -0.300. The Hall–Kier alpha value is -3.74. The number of pyridine rings is 1. The Labute approximate surface area is 163 Å². The van der Waals surface area contributed by atoms with Gasteiger partial charge in [-0.3, -0.25) is 4.79 Å². The van der Waals surface area contributed by atoms with Crippen LogP contribution in [-0.4, -0.2) is 25.7 Å². The molecular weight excluding hydrogens is 385 g/mol. The van der Waals surface area contributed by atoms with Crippen molar-refractivity contribution in [1.29, 1.82) is 5.26 Å². The van der Waals surface area contributed by atoms with Crippen LogP contribution in [0.4, 0.5) is 13.2 Å². The maximum absolute atomic E-state index is 13.0. The predicted molar refractivity (Wildman–Crippen MR) is 95.9 cm³/mol. The summed E-state index contributed by atoms with van der Waals surface area (Å²) in [4.78, 5) is 20.8.